The number of methoxy groups -OCH3 is 1. The van der Waals surface area contributed by atoms with Crippen molar-refractivity contribution in [3.8, 4) is 0 Å². The lowest BCUT2D eigenvalue weighted by molar-refractivity contribution is 0.186. The van der Waals surface area contributed by atoms with Gasteiger partial charge in [-0.2, -0.15) is 0 Å². The number of rotatable bonds is 3. The van der Waals surface area contributed by atoms with E-state index in [1.165, 1.54) is 23.2 Å². The number of ether oxygens (including phenoxy) is 1. The molecule has 2 rings (SSSR count). The van der Waals surface area contributed by atoms with Crippen LogP contribution >= 0.6 is 0 Å². The third-order valence-electron chi connectivity index (χ3n) is 3.13. The Hall–Kier alpha value is -1.02. The van der Waals surface area contributed by atoms with Gasteiger partial charge in [-0.3, -0.25) is 0 Å². The lowest BCUT2D eigenvalue weighted by Gasteiger charge is -2.26. The number of nitrogens with one attached hydrogen (secondary N) is 1. The Morgan fingerprint density at radius 3 is 3.13 bits per heavy atom. The molecule has 0 saturated carbocycles. The van der Waals surface area contributed by atoms with Crippen LogP contribution in [0.5, 0.6) is 0 Å². The van der Waals surface area contributed by atoms with Crippen LogP contribution in [-0.4, -0.2) is 20.3 Å². The molecule has 0 radical (unpaired) electrons. The van der Waals surface area contributed by atoms with Gasteiger partial charge in [-0.05, 0) is 42.9 Å². The van der Waals surface area contributed by atoms with Crippen LogP contribution in [0.4, 0.5) is 5.69 Å². The second-order valence-corrected chi connectivity index (χ2v) is 4.28. The van der Waals surface area contributed by atoms with Gasteiger partial charge in [-0.1, -0.05) is 12.1 Å². The topological polar surface area (TPSA) is 21.3 Å². The first kappa shape index (κ1) is 10.5. The second kappa shape index (κ2) is 4.67. The summed E-state index contributed by atoms with van der Waals surface area (Å²) < 4.78 is 5.16. The Morgan fingerprint density at radius 2 is 2.33 bits per heavy atom. The summed E-state index contributed by atoms with van der Waals surface area (Å²) >= 11 is 0. The fourth-order valence-corrected chi connectivity index (χ4v) is 2.28. The molecule has 2 nitrogen and oxygen atoms in total. The highest BCUT2D eigenvalue weighted by atomic mass is 16.5. The van der Waals surface area contributed by atoms with Crippen LogP contribution in [0.1, 0.15) is 29.9 Å². The summed E-state index contributed by atoms with van der Waals surface area (Å²) in [4.78, 5) is 0. The summed E-state index contributed by atoms with van der Waals surface area (Å²) in [6.45, 7) is 4.09. The van der Waals surface area contributed by atoms with Crippen LogP contribution in [0.3, 0.4) is 0 Å². The van der Waals surface area contributed by atoms with Crippen LogP contribution in [0.25, 0.3) is 0 Å². The molecule has 1 aromatic rings. The van der Waals surface area contributed by atoms with Crippen molar-refractivity contribution >= 4 is 5.69 Å². The fraction of sp³-hybridized carbons (Fsp3) is 0.538. The highest BCUT2D eigenvalue weighted by Crippen LogP contribution is 2.34. The van der Waals surface area contributed by atoms with Crippen LogP contribution in [0.2, 0.25) is 0 Å². The van der Waals surface area contributed by atoms with Gasteiger partial charge in [0.25, 0.3) is 0 Å². The maximum Gasteiger partial charge on any atom is 0.0468 e. The van der Waals surface area contributed by atoms with Crippen molar-refractivity contribution in [1.29, 1.82) is 0 Å². The van der Waals surface area contributed by atoms with Gasteiger partial charge in [0.15, 0.2) is 0 Å². The monoisotopic (exact) mass is 205 g/mol. The molecule has 0 spiro atoms. The number of hydrogen-bond donors (Lipinski definition) is 1. The van der Waals surface area contributed by atoms with Crippen LogP contribution in [0, 0.1) is 6.92 Å². The van der Waals surface area contributed by atoms with Crippen molar-refractivity contribution in [3.63, 3.8) is 0 Å². The molecule has 0 aromatic heterocycles. The predicted molar refractivity (Wildman–Crippen MR) is 63.5 cm³/mol. The van der Waals surface area contributed by atoms with Crippen molar-refractivity contribution < 1.29 is 4.74 Å². The summed E-state index contributed by atoms with van der Waals surface area (Å²) in [6.07, 6.45) is 2.35. The van der Waals surface area contributed by atoms with E-state index in [1.54, 1.807) is 7.11 Å². The second-order valence-electron chi connectivity index (χ2n) is 4.28. The number of fused-ring (bicyclic) bond motifs is 1. The van der Waals surface area contributed by atoms with Gasteiger partial charge < -0.3 is 10.1 Å². The van der Waals surface area contributed by atoms with E-state index in [9.17, 15) is 0 Å². The minimum absolute atomic E-state index is 0.668. The van der Waals surface area contributed by atoms with E-state index in [4.69, 9.17) is 4.74 Å². The average molecular weight is 205 g/mol. The Kier molecular flexibility index (Phi) is 3.27. The molecule has 15 heavy (non-hydrogen) atoms. The number of hydrogen-bond acceptors (Lipinski definition) is 2. The van der Waals surface area contributed by atoms with Gasteiger partial charge in [-0.25, -0.2) is 0 Å². The Bertz CT molecular complexity index is 335. The molecule has 0 amide bonds. The Morgan fingerprint density at radius 1 is 1.47 bits per heavy atom. The highest BCUT2D eigenvalue weighted by Gasteiger charge is 2.19. The third-order valence-corrected chi connectivity index (χ3v) is 3.13. The minimum Gasteiger partial charge on any atom is -0.385 e. The molecule has 0 aliphatic carbocycles. The molecule has 1 unspecified atom stereocenters. The van der Waals surface area contributed by atoms with Gasteiger partial charge in [0, 0.05) is 25.9 Å². The quantitative estimate of drug-likeness (QED) is 0.819. The fourth-order valence-electron chi connectivity index (χ4n) is 2.28. The van der Waals surface area contributed by atoms with Crippen molar-refractivity contribution in [2.24, 2.45) is 0 Å². The molecule has 1 aliphatic rings. The van der Waals surface area contributed by atoms with E-state index in [2.05, 4.69) is 30.4 Å². The van der Waals surface area contributed by atoms with Gasteiger partial charge in [0.1, 0.15) is 0 Å². The van der Waals surface area contributed by atoms with E-state index in [1.807, 2.05) is 0 Å². The molecule has 1 N–H and O–H groups in total. The molecule has 82 valence electrons. The van der Waals surface area contributed by atoms with Crippen molar-refractivity contribution in [2.75, 3.05) is 25.6 Å². The molecule has 0 saturated heterocycles. The average Bonchev–Trinajstić information content (AvgIpc) is 2.25. The first-order chi connectivity index (χ1) is 7.31. The molecular formula is C13H19NO. The first-order valence-corrected chi connectivity index (χ1v) is 5.64. The summed E-state index contributed by atoms with van der Waals surface area (Å²) in [6, 6.07) is 6.71. The molecule has 1 aliphatic heterocycles. The van der Waals surface area contributed by atoms with Crippen molar-refractivity contribution in [3.05, 3.63) is 29.3 Å². The van der Waals surface area contributed by atoms with E-state index in [0.717, 1.165) is 19.6 Å². The third kappa shape index (κ3) is 2.32. The molecule has 0 fully saturated rings. The molecular weight excluding hydrogens is 186 g/mol. The lowest BCUT2D eigenvalue weighted by Crippen LogP contribution is -2.18. The maximum absolute atomic E-state index is 5.16. The molecule has 0 bridgehead atoms. The van der Waals surface area contributed by atoms with E-state index >= 15 is 0 Å². The number of aryl methyl sites for hydroxylation is 1. The van der Waals surface area contributed by atoms with Gasteiger partial charge >= 0.3 is 0 Å². The summed E-state index contributed by atoms with van der Waals surface area (Å²) in [7, 11) is 1.77. The zero-order chi connectivity index (χ0) is 10.7. The number of benzene rings is 1. The Labute approximate surface area is 91.6 Å². The van der Waals surface area contributed by atoms with Gasteiger partial charge in [0.05, 0.1) is 0 Å². The van der Waals surface area contributed by atoms with Gasteiger partial charge in [-0.15, -0.1) is 0 Å². The molecule has 1 heterocycles. The van der Waals surface area contributed by atoms with Gasteiger partial charge in [0.2, 0.25) is 0 Å². The minimum atomic E-state index is 0.668. The van der Waals surface area contributed by atoms with Crippen LogP contribution in [0.15, 0.2) is 18.2 Å². The van der Waals surface area contributed by atoms with Crippen molar-refractivity contribution in [1.82, 2.24) is 0 Å². The Balaban J connectivity index is 2.18. The first-order valence-electron chi connectivity index (χ1n) is 5.64. The normalized spacial score (nSPS) is 19.5. The smallest absolute Gasteiger partial charge is 0.0468 e. The van der Waals surface area contributed by atoms with Crippen molar-refractivity contribution in [2.45, 2.75) is 25.7 Å². The SMILES string of the molecule is COCCC1CCNc2cc(C)ccc21. The molecule has 1 aromatic carbocycles. The number of anilines is 1. The summed E-state index contributed by atoms with van der Waals surface area (Å²) in [5, 5.41) is 3.47. The summed E-state index contributed by atoms with van der Waals surface area (Å²) in [5.41, 5.74) is 4.11. The maximum atomic E-state index is 5.16. The van der Waals surface area contributed by atoms with E-state index in [-0.39, 0.29) is 0 Å². The largest absolute Gasteiger partial charge is 0.385 e. The zero-order valence-electron chi connectivity index (χ0n) is 9.55. The van der Waals surface area contributed by atoms with Crippen LogP contribution in [-0.2, 0) is 4.74 Å². The predicted octanol–water partition coefficient (Wildman–Crippen LogP) is 2.93. The zero-order valence-corrected chi connectivity index (χ0v) is 9.55. The van der Waals surface area contributed by atoms with Crippen LogP contribution < -0.4 is 5.32 Å². The summed E-state index contributed by atoms with van der Waals surface area (Å²) in [5.74, 6) is 0.668. The standard InChI is InChI=1S/C13H19NO/c1-10-3-4-12-11(6-8-15-2)5-7-14-13(12)9-10/h3-4,9,11,14H,5-8H2,1-2H3. The van der Waals surface area contributed by atoms with E-state index in [0.29, 0.717) is 5.92 Å². The van der Waals surface area contributed by atoms with E-state index < -0.39 is 0 Å². The highest BCUT2D eigenvalue weighted by molar-refractivity contribution is 5.56. The lowest BCUT2D eigenvalue weighted by atomic mass is 9.88. The molecule has 2 heteroatoms. The molecule has 1 atom stereocenters.